The van der Waals surface area contributed by atoms with E-state index in [9.17, 15) is 0 Å². The molecule has 0 aromatic heterocycles. The molecule has 1 N–H and O–H groups in total. The lowest BCUT2D eigenvalue weighted by Crippen LogP contribution is -2.25. The molecular weight excluding hydrogens is 346 g/mol. The second-order valence-electron chi connectivity index (χ2n) is 4.58. The van der Waals surface area contributed by atoms with Gasteiger partial charge in [-0.15, -0.1) is 0 Å². The Kier molecular flexibility index (Phi) is 4.72. The van der Waals surface area contributed by atoms with E-state index in [1.807, 2.05) is 30.3 Å². The highest BCUT2D eigenvalue weighted by Gasteiger charge is 2.12. The van der Waals surface area contributed by atoms with Crippen molar-refractivity contribution in [2.24, 2.45) is 10.1 Å². The van der Waals surface area contributed by atoms with E-state index >= 15 is 0 Å². The van der Waals surface area contributed by atoms with Crippen molar-refractivity contribution in [2.75, 3.05) is 5.75 Å². The van der Waals surface area contributed by atoms with Gasteiger partial charge in [0.1, 0.15) is 0 Å². The molecular formula is C16H14BrN3S. The van der Waals surface area contributed by atoms with Gasteiger partial charge < -0.3 is 0 Å². The minimum Gasteiger partial charge on any atom is -0.256 e. The highest BCUT2D eigenvalue weighted by atomic mass is 79.9. The number of nitrogens with one attached hydrogen (secondary N) is 1. The first-order valence-electron chi connectivity index (χ1n) is 6.61. The third-order valence-corrected chi connectivity index (χ3v) is 4.44. The summed E-state index contributed by atoms with van der Waals surface area (Å²) < 4.78 is 1.07. The van der Waals surface area contributed by atoms with Crippen LogP contribution in [0.2, 0.25) is 0 Å². The molecule has 0 fully saturated rings. The van der Waals surface area contributed by atoms with Gasteiger partial charge >= 0.3 is 0 Å². The van der Waals surface area contributed by atoms with E-state index in [0.717, 1.165) is 26.7 Å². The highest BCUT2D eigenvalue weighted by molar-refractivity contribution is 9.10. The molecule has 0 atom stereocenters. The highest BCUT2D eigenvalue weighted by Crippen LogP contribution is 2.17. The largest absolute Gasteiger partial charge is 0.256 e. The number of hydrazone groups is 1. The van der Waals surface area contributed by atoms with Gasteiger partial charge in [0.2, 0.25) is 0 Å². The fourth-order valence-corrected chi connectivity index (χ4v) is 3.13. The van der Waals surface area contributed by atoms with Crippen molar-refractivity contribution in [2.45, 2.75) is 6.54 Å². The van der Waals surface area contributed by atoms with Crippen molar-refractivity contribution >= 4 is 38.6 Å². The quantitative estimate of drug-likeness (QED) is 0.897. The van der Waals surface area contributed by atoms with E-state index in [1.54, 1.807) is 11.8 Å². The van der Waals surface area contributed by atoms with Gasteiger partial charge in [0.25, 0.3) is 0 Å². The van der Waals surface area contributed by atoms with Crippen molar-refractivity contribution in [1.29, 1.82) is 0 Å². The van der Waals surface area contributed by atoms with Crippen molar-refractivity contribution in [3.05, 3.63) is 70.2 Å². The summed E-state index contributed by atoms with van der Waals surface area (Å²) in [5, 5.41) is 5.30. The van der Waals surface area contributed by atoms with Crippen LogP contribution in [0.3, 0.4) is 0 Å². The van der Waals surface area contributed by atoms with Crippen molar-refractivity contribution in [1.82, 2.24) is 5.43 Å². The number of hydrogen-bond acceptors (Lipinski definition) is 3. The Balaban J connectivity index is 1.66. The molecule has 0 saturated carbocycles. The van der Waals surface area contributed by atoms with E-state index in [0.29, 0.717) is 6.54 Å². The van der Waals surface area contributed by atoms with E-state index < -0.39 is 0 Å². The number of halogens is 1. The smallest absolute Gasteiger partial charge is 0.177 e. The average Bonchev–Trinajstić information content (AvgIpc) is 2.54. The molecule has 0 radical (unpaired) electrons. The predicted molar refractivity (Wildman–Crippen MR) is 93.9 cm³/mol. The Morgan fingerprint density at radius 3 is 2.71 bits per heavy atom. The molecule has 0 aliphatic carbocycles. The van der Waals surface area contributed by atoms with Crippen LogP contribution in [-0.4, -0.2) is 16.6 Å². The zero-order valence-electron chi connectivity index (χ0n) is 11.3. The first-order valence-corrected chi connectivity index (χ1v) is 8.39. The molecule has 0 amide bonds. The Bertz CT molecular complexity index is 683. The van der Waals surface area contributed by atoms with Gasteiger partial charge in [-0.2, -0.15) is 5.10 Å². The molecule has 106 valence electrons. The van der Waals surface area contributed by atoms with Gasteiger partial charge in [0.05, 0.1) is 12.3 Å². The summed E-state index contributed by atoms with van der Waals surface area (Å²) in [6, 6.07) is 18.4. The topological polar surface area (TPSA) is 36.8 Å². The number of rotatable bonds is 3. The second-order valence-corrected chi connectivity index (χ2v) is 6.46. The number of hydrogen-bond donors (Lipinski definition) is 1. The van der Waals surface area contributed by atoms with Crippen LogP contribution in [0.15, 0.2) is 69.2 Å². The van der Waals surface area contributed by atoms with Crippen molar-refractivity contribution < 1.29 is 0 Å². The molecule has 3 nitrogen and oxygen atoms in total. The molecule has 0 bridgehead atoms. The molecule has 3 rings (SSSR count). The monoisotopic (exact) mass is 359 g/mol. The zero-order valence-corrected chi connectivity index (χ0v) is 13.7. The summed E-state index contributed by atoms with van der Waals surface area (Å²) in [5.74, 6) is 0.830. The summed E-state index contributed by atoms with van der Waals surface area (Å²) in [6.45, 7) is 0.678. The van der Waals surface area contributed by atoms with Crippen LogP contribution < -0.4 is 5.43 Å². The number of nitrogens with zero attached hydrogens (tertiary/aromatic N) is 2. The fraction of sp³-hybridized carbons (Fsp3) is 0.125. The predicted octanol–water partition coefficient (Wildman–Crippen LogP) is 4.05. The molecule has 1 aliphatic heterocycles. The maximum atomic E-state index is 4.55. The molecule has 0 unspecified atom stereocenters. The molecule has 0 saturated heterocycles. The van der Waals surface area contributed by atoms with Crippen LogP contribution in [0.5, 0.6) is 0 Å². The Morgan fingerprint density at radius 1 is 1.14 bits per heavy atom. The number of aliphatic imine (C=N–C) groups is 1. The lowest BCUT2D eigenvalue weighted by molar-refractivity contribution is 0.987. The van der Waals surface area contributed by atoms with E-state index in [2.05, 4.69) is 55.7 Å². The van der Waals surface area contributed by atoms with E-state index in [-0.39, 0.29) is 0 Å². The summed E-state index contributed by atoms with van der Waals surface area (Å²) >= 11 is 5.17. The van der Waals surface area contributed by atoms with Gasteiger partial charge in [0, 0.05) is 10.2 Å². The lowest BCUT2D eigenvalue weighted by atomic mass is 10.1. The van der Waals surface area contributed by atoms with Gasteiger partial charge in [-0.05, 0) is 23.3 Å². The minimum atomic E-state index is 0.678. The van der Waals surface area contributed by atoms with E-state index in [4.69, 9.17) is 0 Å². The standard InChI is InChI=1S/C16H14BrN3S/c17-14-8-4-7-13(9-14)15-11-21-16(20-19-15)18-10-12-5-2-1-3-6-12/h1-9H,10-11H2,(H,18,20). The van der Waals surface area contributed by atoms with Crippen LogP contribution in [0, 0.1) is 0 Å². The maximum Gasteiger partial charge on any atom is 0.177 e. The molecule has 1 aliphatic rings. The van der Waals surface area contributed by atoms with Crippen LogP contribution in [-0.2, 0) is 6.54 Å². The van der Waals surface area contributed by atoms with Crippen molar-refractivity contribution in [3.8, 4) is 0 Å². The van der Waals surface area contributed by atoms with Crippen LogP contribution in [0.4, 0.5) is 0 Å². The van der Waals surface area contributed by atoms with Crippen LogP contribution >= 0.6 is 27.7 Å². The fourth-order valence-electron chi connectivity index (χ4n) is 1.96. The first kappa shape index (κ1) is 14.4. The van der Waals surface area contributed by atoms with Gasteiger partial charge in [-0.3, -0.25) is 10.4 Å². The second kappa shape index (κ2) is 6.91. The number of amidine groups is 1. The van der Waals surface area contributed by atoms with Gasteiger partial charge in [-0.1, -0.05) is 70.2 Å². The first-order chi connectivity index (χ1) is 10.3. The average molecular weight is 360 g/mol. The molecule has 2 aromatic carbocycles. The minimum absolute atomic E-state index is 0.678. The molecule has 0 spiro atoms. The van der Waals surface area contributed by atoms with Crippen LogP contribution in [0.1, 0.15) is 11.1 Å². The summed E-state index contributed by atoms with van der Waals surface area (Å²) in [4.78, 5) is 4.55. The molecule has 1 heterocycles. The zero-order chi connectivity index (χ0) is 14.5. The van der Waals surface area contributed by atoms with E-state index in [1.165, 1.54) is 5.56 Å². The lowest BCUT2D eigenvalue weighted by Gasteiger charge is -2.15. The normalized spacial score (nSPS) is 16.4. The van der Waals surface area contributed by atoms with Gasteiger partial charge in [0.15, 0.2) is 5.17 Å². The van der Waals surface area contributed by atoms with Gasteiger partial charge in [-0.25, -0.2) is 0 Å². The van der Waals surface area contributed by atoms with Crippen LogP contribution in [0.25, 0.3) is 0 Å². The summed E-state index contributed by atoms with van der Waals surface area (Å²) in [7, 11) is 0. The third kappa shape index (κ3) is 3.95. The number of thioether (sulfide) groups is 1. The Hall–Kier alpha value is -1.59. The SMILES string of the molecule is Brc1cccc(C2=NNC(=NCc3ccccc3)SC2)c1. The maximum absolute atomic E-state index is 4.55. The number of benzene rings is 2. The molecule has 5 heteroatoms. The Morgan fingerprint density at radius 2 is 2.00 bits per heavy atom. The summed E-state index contributed by atoms with van der Waals surface area (Å²) in [6.07, 6.45) is 0. The summed E-state index contributed by atoms with van der Waals surface area (Å²) in [5.41, 5.74) is 6.42. The molecule has 21 heavy (non-hydrogen) atoms. The third-order valence-electron chi connectivity index (χ3n) is 3.04. The molecule has 2 aromatic rings. The Labute approximate surface area is 136 Å². The van der Waals surface area contributed by atoms with Crippen molar-refractivity contribution in [3.63, 3.8) is 0 Å².